The molecule has 1 saturated heterocycles. The third-order valence-corrected chi connectivity index (χ3v) is 4.47. The van der Waals surface area contributed by atoms with Crippen molar-refractivity contribution in [2.45, 2.75) is 50.7 Å². The number of nitrogens with one attached hydrogen (secondary N) is 3. The molecule has 1 aromatic carbocycles. The zero-order chi connectivity index (χ0) is 16.4. The molecular weight excluding hydrogens is 332 g/mol. The van der Waals surface area contributed by atoms with E-state index in [1.54, 1.807) is 12.1 Å². The van der Waals surface area contributed by atoms with Crippen LogP contribution in [-0.2, 0) is 0 Å². The molecule has 2 unspecified atom stereocenters. The first-order chi connectivity index (χ1) is 11.0. The van der Waals surface area contributed by atoms with Crippen molar-refractivity contribution in [1.82, 2.24) is 10.6 Å². The Morgan fingerprint density at radius 3 is 2.71 bits per heavy atom. The van der Waals surface area contributed by atoms with Gasteiger partial charge in [0.25, 0.3) is 11.6 Å². The Bertz CT molecular complexity index is 621. The van der Waals surface area contributed by atoms with E-state index in [1.165, 1.54) is 6.07 Å². The van der Waals surface area contributed by atoms with Gasteiger partial charge in [0.2, 0.25) is 0 Å². The highest BCUT2D eigenvalue weighted by atomic mass is 35.5. The molecule has 1 amide bonds. The van der Waals surface area contributed by atoms with Crippen LogP contribution in [0.5, 0.6) is 0 Å². The number of carbonyl (C=O) groups is 1. The van der Waals surface area contributed by atoms with Crippen molar-refractivity contribution in [2.75, 3.05) is 11.9 Å². The highest BCUT2D eigenvalue weighted by Crippen LogP contribution is 2.31. The van der Waals surface area contributed by atoms with E-state index in [9.17, 15) is 14.9 Å². The third kappa shape index (κ3) is 4.36. The number of piperidine rings is 1. The highest BCUT2D eigenvalue weighted by Gasteiger charge is 2.27. The number of halogens is 1. The molecule has 1 heterocycles. The van der Waals surface area contributed by atoms with E-state index in [0.29, 0.717) is 17.3 Å². The number of nitro benzene ring substituents is 1. The van der Waals surface area contributed by atoms with Crippen LogP contribution < -0.4 is 16.0 Å². The number of nitro groups is 1. The lowest BCUT2D eigenvalue weighted by atomic mass is 9.99. The summed E-state index contributed by atoms with van der Waals surface area (Å²) in [4.78, 5) is 23.2. The number of amides is 1. The molecule has 1 saturated carbocycles. The number of hydrogen-bond donors (Lipinski definition) is 3. The molecule has 3 rings (SSSR count). The maximum Gasteiger partial charge on any atom is 0.293 e. The van der Waals surface area contributed by atoms with Gasteiger partial charge in [0.15, 0.2) is 0 Å². The van der Waals surface area contributed by atoms with Gasteiger partial charge in [-0.05, 0) is 51.3 Å². The summed E-state index contributed by atoms with van der Waals surface area (Å²) >= 11 is 0. The molecule has 8 heteroatoms. The van der Waals surface area contributed by atoms with Gasteiger partial charge in [-0.15, -0.1) is 12.4 Å². The van der Waals surface area contributed by atoms with E-state index in [4.69, 9.17) is 0 Å². The molecule has 1 aliphatic carbocycles. The van der Waals surface area contributed by atoms with Crippen molar-refractivity contribution in [1.29, 1.82) is 0 Å². The Hall–Kier alpha value is -1.86. The average molecular weight is 355 g/mol. The predicted molar refractivity (Wildman–Crippen MR) is 94.9 cm³/mol. The van der Waals surface area contributed by atoms with Crippen LogP contribution in [0.4, 0.5) is 11.4 Å². The van der Waals surface area contributed by atoms with Crippen LogP contribution in [0.3, 0.4) is 0 Å². The largest absolute Gasteiger partial charge is 0.377 e. The van der Waals surface area contributed by atoms with Gasteiger partial charge in [0, 0.05) is 29.8 Å². The SMILES string of the molecule is CC1NCCCC1NC(=O)c1ccc(NC2CC2)c([N+](=O)[O-])c1.Cl. The van der Waals surface area contributed by atoms with Gasteiger partial charge < -0.3 is 16.0 Å². The normalized spacial score (nSPS) is 23.0. The van der Waals surface area contributed by atoms with E-state index < -0.39 is 4.92 Å². The van der Waals surface area contributed by atoms with Gasteiger partial charge in [0.05, 0.1) is 4.92 Å². The minimum atomic E-state index is -0.438. The Morgan fingerprint density at radius 1 is 1.33 bits per heavy atom. The fraction of sp³-hybridized carbons (Fsp3) is 0.562. The fourth-order valence-corrected chi connectivity index (χ4v) is 2.89. The minimum absolute atomic E-state index is 0. The first-order valence-electron chi connectivity index (χ1n) is 8.14. The summed E-state index contributed by atoms with van der Waals surface area (Å²) in [6.07, 6.45) is 4.00. The molecule has 2 aliphatic rings. The van der Waals surface area contributed by atoms with Crippen LogP contribution in [0, 0.1) is 10.1 Å². The second-order valence-electron chi connectivity index (χ2n) is 6.37. The van der Waals surface area contributed by atoms with Crippen LogP contribution in [-0.4, -0.2) is 35.5 Å². The summed E-state index contributed by atoms with van der Waals surface area (Å²) in [7, 11) is 0. The Balaban J connectivity index is 0.00000208. The number of rotatable bonds is 5. The van der Waals surface area contributed by atoms with E-state index in [1.807, 2.05) is 6.92 Å². The molecule has 2 atom stereocenters. The van der Waals surface area contributed by atoms with Crippen molar-refractivity contribution in [3.8, 4) is 0 Å². The summed E-state index contributed by atoms with van der Waals surface area (Å²) in [6, 6.07) is 5.23. The number of benzene rings is 1. The van der Waals surface area contributed by atoms with Crippen LogP contribution >= 0.6 is 12.4 Å². The van der Waals surface area contributed by atoms with Crippen molar-refractivity contribution < 1.29 is 9.72 Å². The van der Waals surface area contributed by atoms with Gasteiger partial charge in [-0.2, -0.15) is 0 Å². The fourth-order valence-electron chi connectivity index (χ4n) is 2.89. The Labute approximate surface area is 147 Å². The summed E-state index contributed by atoms with van der Waals surface area (Å²) in [5, 5.41) is 20.7. The van der Waals surface area contributed by atoms with Crippen LogP contribution in [0.15, 0.2) is 18.2 Å². The smallest absolute Gasteiger partial charge is 0.293 e. The molecule has 1 aromatic rings. The topological polar surface area (TPSA) is 96.3 Å². The maximum absolute atomic E-state index is 12.4. The third-order valence-electron chi connectivity index (χ3n) is 4.47. The first-order valence-corrected chi connectivity index (χ1v) is 8.14. The van der Waals surface area contributed by atoms with Crippen molar-refractivity contribution in [3.05, 3.63) is 33.9 Å². The zero-order valence-electron chi connectivity index (χ0n) is 13.6. The average Bonchev–Trinajstić information content (AvgIpc) is 3.33. The molecule has 132 valence electrons. The van der Waals surface area contributed by atoms with Crippen LogP contribution in [0.2, 0.25) is 0 Å². The number of nitrogens with zero attached hydrogens (tertiary/aromatic N) is 1. The molecule has 0 spiro atoms. The first kappa shape index (κ1) is 18.5. The van der Waals surface area contributed by atoms with Gasteiger partial charge >= 0.3 is 0 Å². The molecular formula is C16H23ClN4O3. The van der Waals surface area contributed by atoms with Crippen LogP contribution in [0.1, 0.15) is 43.0 Å². The Kier molecular flexibility index (Phi) is 6.01. The lowest BCUT2D eigenvalue weighted by Gasteiger charge is -2.30. The molecule has 1 aliphatic heterocycles. The van der Waals surface area contributed by atoms with E-state index in [0.717, 1.165) is 32.2 Å². The number of carbonyl (C=O) groups excluding carboxylic acids is 1. The van der Waals surface area contributed by atoms with E-state index >= 15 is 0 Å². The summed E-state index contributed by atoms with van der Waals surface area (Å²) in [5.74, 6) is -0.258. The second kappa shape index (κ2) is 7.81. The zero-order valence-corrected chi connectivity index (χ0v) is 14.4. The standard InChI is InChI=1S/C16H22N4O3.ClH/c1-10-13(3-2-8-17-10)19-16(21)11-4-7-14(18-12-5-6-12)15(9-11)20(22)23;/h4,7,9-10,12-13,17-18H,2-3,5-6,8H2,1H3,(H,19,21);1H. The molecule has 0 radical (unpaired) electrons. The summed E-state index contributed by atoms with van der Waals surface area (Å²) in [5.41, 5.74) is 0.775. The molecule has 24 heavy (non-hydrogen) atoms. The number of anilines is 1. The van der Waals surface area contributed by atoms with Gasteiger partial charge in [0.1, 0.15) is 5.69 Å². The van der Waals surface area contributed by atoms with Crippen molar-refractivity contribution >= 4 is 29.7 Å². The lowest BCUT2D eigenvalue weighted by Crippen LogP contribution is -2.51. The van der Waals surface area contributed by atoms with Gasteiger partial charge in [-0.1, -0.05) is 0 Å². The monoisotopic (exact) mass is 354 g/mol. The van der Waals surface area contributed by atoms with Crippen molar-refractivity contribution in [3.63, 3.8) is 0 Å². The Morgan fingerprint density at radius 2 is 2.08 bits per heavy atom. The second-order valence-corrected chi connectivity index (χ2v) is 6.37. The van der Waals surface area contributed by atoms with E-state index in [2.05, 4.69) is 16.0 Å². The minimum Gasteiger partial charge on any atom is -0.377 e. The highest BCUT2D eigenvalue weighted by molar-refractivity contribution is 5.96. The van der Waals surface area contributed by atoms with Gasteiger partial charge in [-0.25, -0.2) is 0 Å². The quantitative estimate of drug-likeness (QED) is 0.557. The predicted octanol–water partition coefficient (Wildman–Crippen LogP) is 2.46. The summed E-state index contributed by atoms with van der Waals surface area (Å²) < 4.78 is 0. The number of hydrogen-bond acceptors (Lipinski definition) is 5. The maximum atomic E-state index is 12.4. The van der Waals surface area contributed by atoms with E-state index in [-0.39, 0.29) is 36.1 Å². The summed E-state index contributed by atoms with van der Waals surface area (Å²) in [6.45, 7) is 3.00. The molecule has 7 nitrogen and oxygen atoms in total. The van der Waals surface area contributed by atoms with Gasteiger partial charge in [-0.3, -0.25) is 14.9 Å². The van der Waals surface area contributed by atoms with Crippen LogP contribution in [0.25, 0.3) is 0 Å². The molecule has 3 N–H and O–H groups in total. The molecule has 0 aromatic heterocycles. The lowest BCUT2D eigenvalue weighted by molar-refractivity contribution is -0.384. The molecule has 0 bridgehead atoms. The molecule has 2 fully saturated rings. The van der Waals surface area contributed by atoms with Crippen molar-refractivity contribution in [2.24, 2.45) is 0 Å².